The van der Waals surface area contributed by atoms with Crippen LogP contribution in [0.4, 0.5) is 0 Å². The van der Waals surface area contributed by atoms with Gasteiger partial charge in [-0.3, -0.25) is 19.3 Å². The number of piperazine rings is 1. The molecule has 8 heteroatoms. The van der Waals surface area contributed by atoms with Gasteiger partial charge in [0.15, 0.2) is 0 Å². The molecule has 5 rings (SSSR count). The summed E-state index contributed by atoms with van der Waals surface area (Å²) in [6.45, 7) is 7.93. The average Bonchev–Trinajstić information content (AvgIpc) is 3.26. The summed E-state index contributed by atoms with van der Waals surface area (Å²) in [6, 6.07) is 14.4. The van der Waals surface area contributed by atoms with Gasteiger partial charge >= 0.3 is 0 Å². The maximum atomic E-state index is 14.0. The minimum absolute atomic E-state index is 0.0156. The first kappa shape index (κ1) is 25.4. The Morgan fingerprint density at radius 3 is 1.92 bits per heavy atom. The van der Waals surface area contributed by atoms with Gasteiger partial charge < -0.3 is 19.4 Å². The van der Waals surface area contributed by atoms with Crippen molar-refractivity contribution < 1.29 is 19.1 Å². The topological polar surface area (TPSA) is 73.4 Å². The quantitative estimate of drug-likeness (QED) is 0.643. The Hall–Kier alpha value is -3.23. The molecule has 3 fully saturated rings. The zero-order valence-electron chi connectivity index (χ0n) is 22.0. The lowest BCUT2D eigenvalue weighted by molar-refractivity contribution is -0.139. The van der Waals surface area contributed by atoms with Crippen molar-refractivity contribution in [2.24, 2.45) is 0 Å². The lowest BCUT2D eigenvalue weighted by Gasteiger charge is -2.45. The zero-order chi connectivity index (χ0) is 26.2. The van der Waals surface area contributed by atoms with Crippen LogP contribution in [0, 0.1) is 13.8 Å². The molecule has 1 atom stereocenters. The molecule has 8 nitrogen and oxygen atoms in total. The largest absolute Gasteiger partial charge is 0.353 e. The van der Waals surface area contributed by atoms with Crippen molar-refractivity contribution in [2.75, 3.05) is 52.9 Å². The summed E-state index contributed by atoms with van der Waals surface area (Å²) in [4.78, 5) is 48.5. The molecule has 0 N–H and O–H groups in total. The van der Waals surface area contributed by atoms with Crippen LogP contribution in [-0.2, 0) is 9.53 Å². The first-order valence-electron chi connectivity index (χ1n) is 13.1. The number of amides is 3. The number of ether oxygens (including phenoxy) is 1. The molecule has 3 aliphatic rings. The Morgan fingerprint density at radius 1 is 0.784 bits per heavy atom. The molecule has 0 saturated carbocycles. The Labute approximate surface area is 218 Å². The summed E-state index contributed by atoms with van der Waals surface area (Å²) in [7, 11) is 2.05. The van der Waals surface area contributed by atoms with Crippen molar-refractivity contribution in [2.45, 2.75) is 38.5 Å². The second kappa shape index (κ2) is 10.3. The second-order valence-corrected chi connectivity index (χ2v) is 10.6. The van der Waals surface area contributed by atoms with E-state index in [1.807, 2.05) is 66.1 Å². The monoisotopic (exact) mass is 504 g/mol. The maximum absolute atomic E-state index is 14.0. The summed E-state index contributed by atoms with van der Waals surface area (Å²) in [5.74, 6) is -0.255. The summed E-state index contributed by atoms with van der Waals surface area (Å²) >= 11 is 0. The lowest BCUT2D eigenvalue weighted by atomic mass is 9.95. The van der Waals surface area contributed by atoms with E-state index < -0.39 is 11.8 Å². The molecular weight excluding hydrogens is 468 g/mol. The summed E-state index contributed by atoms with van der Waals surface area (Å²) < 4.78 is 6.37. The highest BCUT2D eigenvalue weighted by molar-refractivity contribution is 5.99. The lowest BCUT2D eigenvalue weighted by Crippen LogP contribution is -2.61. The summed E-state index contributed by atoms with van der Waals surface area (Å²) in [5, 5.41) is 0. The fraction of sp³-hybridized carbons (Fsp3) is 0.483. The van der Waals surface area contributed by atoms with Gasteiger partial charge in [0, 0.05) is 63.2 Å². The number of nitrogens with zero attached hydrogens (tertiary/aromatic N) is 4. The molecule has 0 aromatic heterocycles. The van der Waals surface area contributed by atoms with Gasteiger partial charge in [-0.15, -0.1) is 0 Å². The van der Waals surface area contributed by atoms with E-state index in [1.54, 1.807) is 11.0 Å². The van der Waals surface area contributed by atoms with Crippen molar-refractivity contribution >= 4 is 17.7 Å². The van der Waals surface area contributed by atoms with Crippen LogP contribution >= 0.6 is 0 Å². The van der Waals surface area contributed by atoms with Crippen LogP contribution in [0.5, 0.6) is 0 Å². The second-order valence-electron chi connectivity index (χ2n) is 10.6. The molecule has 2 aromatic carbocycles. The number of carbonyl (C=O) groups is 3. The molecule has 1 spiro atoms. The van der Waals surface area contributed by atoms with Gasteiger partial charge in [-0.1, -0.05) is 35.4 Å². The minimum Gasteiger partial charge on any atom is -0.353 e. The predicted octanol–water partition coefficient (Wildman–Crippen LogP) is 2.55. The Balaban J connectivity index is 1.39. The van der Waals surface area contributed by atoms with E-state index >= 15 is 0 Å². The zero-order valence-corrected chi connectivity index (χ0v) is 22.0. The number of hydrogen-bond acceptors (Lipinski definition) is 5. The van der Waals surface area contributed by atoms with Crippen LogP contribution in [0.2, 0.25) is 0 Å². The fourth-order valence-electron chi connectivity index (χ4n) is 5.73. The van der Waals surface area contributed by atoms with Crippen molar-refractivity contribution in [3.8, 4) is 0 Å². The van der Waals surface area contributed by atoms with E-state index in [1.165, 1.54) is 0 Å². The molecule has 3 saturated heterocycles. The molecule has 0 bridgehead atoms. The van der Waals surface area contributed by atoms with E-state index in [0.29, 0.717) is 50.1 Å². The number of likely N-dealkylation sites (tertiary alicyclic amines) is 1. The maximum Gasteiger partial charge on any atom is 0.256 e. The van der Waals surface area contributed by atoms with Crippen LogP contribution < -0.4 is 0 Å². The molecular formula is C29H36N4O4. The number of aryl methyl sites for hydroxylation is 2. The third kappa shape index (κ3) is 5.00. The van der Waals surface area contributed by atoms with E-state index in [0.717, 1.165) is 24.2 Å². The van der Waals surface area contributed by atoms with Crippen LogP contribution in [0.3, 0.4) is 0 Å². The number of rotatable bonds is 3. The molecule has 196 valence electrons. The van der Waals surface area contributed by atoms with Crippen molar-refractivity contribution in [1.29, 1.82) is 0 Å². The van der Waals surface area contributed by atoms with Crippen LogP contribution in [0.25, 0.3) is 0 Å². The number of carbonyl (C=O) groups excluding carboxylic acids is 3. The third-order valence-electron chi connectivity index (χ3n) is 7.94. The summed E-state index contributed by atoms with van der Waals surface area (Å²) in [5.41, 5.74) is 2.34. The Kier molecular flexibility index (Phi) is 7.05. The van der Waals surface area contributed by atoms with E-state index in [9.17, 15) is 14.4 Å². The first-order valence-corrected chi connectivity index (χ1v) is 13.1. The van der Waals surface area contributed by atoms with Gasteiger partial charge in [-0.2, -0.15) is 0 Å². The molecule has 2 aromatic rings. The number of hydrogen-bond donors (Lipinski definition) is 0. The smallest absolute Gasteiger partial charge is 0.256 e. The van der Waals surface area contributed by atoms with Gasteiger partial charge in [0.25, 0.3) is 11.8 Å². The molecule has 3 amide bonds. The van der Waals surface area contributed by atoms with Gasteiger partial charge in [-0.25, -0.2) is 0 Å². The molecule has 3 aliphatic heterocycles. The SMILES string of the molecule is Cc1cccc(C(=O)N2CCC3(CC2)OCC(C(=O)N2CCN(C)CC2)N3C(=O)c2cccc(C)c2)c1. The predicted molar refractivity (Wildman–Crippen MR) is 140 cm³/mol. The minimum atomic E-state index is -0.906. The fourth-order valence-corrected chi connectivity index (χ4v) is 5.73. The molecule has 3 heterocycles. The molecule has 1 unspecified atom stereocenters. The average molecular weight is 505 g/mol. The van der Waals surface area contributed by atoms with Crippen molar-refractivity contribution in [1.82, 2.24) is 19.6 Å². The highest BCUT2D eigenvalue weighted by Gasteiger charge is 2.55. The standard InChI is InChI=1S/C29H36N4O4/c1-21-6-4-8-23(18-21)26(34)31-12-10-29(11-13-31)33(27(35)24-9-5-7-22(2)19-24)25(20-37-29)28(36)32-16-14-30(3)15-17-32/h4-9,18-19,25H,10-17,20H2,1-3H3. The highest BCUT2D eigenvalue weighted by Crippen LogP contribution is 2.39. The molecule has 0 aliphatic carbocycles. The van der Waals surface area contributed by atoms with Crippen LogP contribution in [0.15, 0.2) is 48.5 Å². The molecule has 37 heavy (non-hydrogen) atoms. The molecule has 0 radical (unpaired) electrons. The van der Waals surface area contributed by atoms with Gasteiger partial charge in [0.1, 0.15) is 11.8 Å². The summed E-state index contributed by atoms with van der Waals surface area (Å²) in [6.07, 6.45) is 0.934. The van der Waals surface area contributed by atoms with Crippen LogP contribution in [-0.4, -0.2) is 102 Å². The Bertz CT molecular complexity index is 1180. The van der Waals surface area contributed by atoms with Crippen LogP contribution in [0.1, 0.15) is 44.7 Å². The van der Waals surface area contributed by atoms with E-state index in [-0.39, 0.29) is 24.3 Å². The number of likely N-dealkylation sites (N-methyl/N-ethyl adjacent to an activating group) is 1. The number of piperidine rings is 1. The first-order chi connectivity index (χ1) is 17.8. The highest BCUT2D eigenvalue weighted by atomic mass is 16.5. The van der Waals surface area contributed by atoms with Gasteiger partial charge in [-0.05, 0) is 45.2 Å². The van der Waals surface area contributed by atoms with E-state index in [2.05, 4.69) is 11.9 Å². The van der Waals surface area contributed by atoms with E-state index in [4.69, 9.17) is 4.74 Å². The van der Waals surface area contributed by atoms with Gasteiger partial charge in [0.05, 0.1) is 6.61 Å². The third-order valence-corrected chi connectivity index (χ3v) is 7.94. The number of benzene rings is 2. The van der Waals surface area contributed by atoms with Gasteiger partial charge in [0.2, 0.25) is 5.91 Å². The van der Waals surface area contributed by atoms with Crippen molar-refractivity contribution in [3.63, 3.8) is 0 Å². The Morgan fingerprint density at radius 2 is 1.35 bits per heavy atom. The normalized spacial score (nSPS) is 21.9. The van der Waals surface area contributed by atoms with Crippen molar-refractivity contribution in [3.05, 3.63) is 70.8 Å².